The third-order valence-corrected chi connectivity index (χ3v) is 2.82. The quantitative estimate of drug-likeness (QED) is 0.633. The van der Waals surface area contributed by atoms with E-state index in [2.05, 4.69) is 20.9 Å². The minimum Gasteiger partial charge on any atom is -0.466 e. The SMILES string of the molecule is CCOC(=O)Cc1c(C)cc(C(F)F)nc1Br. The van der Waals surface area contributed by atoms with Crippen LogP contribution in [0.15, 0.2) is 10.7 Å². The Morgan fingerprint density at radius 2 is 2.24 bits per heavy atom. The van der Waals surface area contributed by atoms with Gasteiger partial charge in [-0.05, 0) is 47.0 Å². The number of aryl methyl sites for hydroxylation is 1. The summed E-state index contributed by atoms with van der Waals surface area (Å²) >= 11 is 3.09. The Balaban J connectivity index is 2.97. The number of carbonyl (C=O) groups is 1. The Morgan fingerprint density at radius 3 is 2.71 bits per heavy atom. The maximum atomic E-state index is 12.5. The predicted octanol–water partition coefficient (Wildman–Crippen LogP) is 3.20. The monoisotopic (exact) mass is 307 g/mol. The molecule has 6 heteroatoms. The average molecular weight is 308 g/mol. The first kappa shape index (κ1) is 14.0. The van der Waals surface area contributed by atoms with Crippen LogP contribution in [0.25, 0.3) is 0 Å². The highest BCUT2D eigenvalue weighted by molar-refractivity contribution is 9.10. The van der Waals surface area contributed by atoms with E-state index in [1.54, 1.807) is 13.8 Å². The van der Waals surface area contributed by atoms with Crippen LogP contribution in [0.2, 0.25) is 0 Å². The van der Waals surface area contributed by atoms with Crippen molar-refractivity contribution in [3.63, 3.8) is 0 Å². The van der Waals surface area contributed by atoms with Gasteiger partial charge in [-0.15, -0.1) is 0 Å². The van der Waals surface area contributed by atoms with E-state index in [1.165, 1.54) is 6.07 Å². The zero-order chi connectivity index (χ0) is 13.0. The number of aromatic nitrogens is 1. The van der Waals surface area contributed by atoms with E-state index in [-0.39, 0.29) is 23.3 Å². The Kier molecular flexibility index (Phi) is 4.99. The summed E-state index contributed by atoms with van der Waals surface area (Å²) in [4.78, 5) is 15.0. The van der Waals surface area contributed by atoms with Crippen LogP contribution in [0.4, 0.5) is 8.78 Å². The Morgan fingerprint density at radius 1 is 1.59 bits per heavy atom. The van der Waals surface area contributed by atoms with Crippen LogP contribution < -0.4 is 0 Å². The van der Waals surface area contributed by atoms with Crippen LogP contribution in [-0.4, -0.2) is 17.6 Å². The summed E-state index contributed by atoms with van der Waals surface area (Å²) in [5.41, 5.74) is 0.866. The number of carbonyl (C=O) groups excluding carboxylic acids is 1. The lowest BCUT2D eigenvalue weighted by molar-refractivity contribution is -0.142. The molecule has 1 rings (SSSR count). The molecule has 1 aromatic heterocycles. The van der Waals surface area contributed by atoms with Gasteiger partial charge in [0.1, 0.15) is 10.3 Å². The van der Waals surface area contributed by atoms with Gasteiger partial charge in [-0.3, -0.25) is 4.79 Å². The lowest BCUT2D eigenvalue weighted by atomic mass is 10.1. The molecule has 0 atom stereocenters. The summed E-state index contributed by atoms with van der Waals surface area (Å²) < 4.78 is 30.0. The van der Waals surface area contributed by atoms with Crippen molar-refractivity contribution in [2.45, 2.75) is 26.7 Å². The maximum Gasteiger partial charge on any atom is 0.310 e. The molecular formula is C11H12BrF2NO2. The molecule has 0 aliphatic heterocycles. The van der Waals surface area contributed by atoms with Crippen LogP contribution >= 0.6 is 15.9 Å². The minimum atomic E-state index is -2.62. The molecule has 0 saturated carbocycles. The summed E-state index contributed by atoms with van der Waals surface area (Å²) in [6, 6.07) is 1.28. The maximum absolute atomic E-state index is 12.5. The van der Waals surface area contributed by atoms with Crippen molar-refractivity contribution < 1.29 is 18.3 Å². The fourth-order valence-corrected chi connectivity index (χ4v) is 2.02. The second kappa shape index (κ2) is 6.05. The fourth-order valence-electron chi connectivity index (χ4n) is 1.37. The highest BCUT2D eigenvalue weighted by Crippen LogP contribution is 2.25. The summed E-state index contributed by atoms with van der Waals surface area (Å²) in [7, 11) is 0. The number of ether oxygens (including phenoxy) is 1. The summed E-state index contributed by atoms with van der Waals surface area (Å²) in [5, 5.41) is 0. The third-order valence-electron chi connectivity index (χ3n) is 2.17. The molecule has 3 nitrogen and oxygen atoms in total. The number of hydrogen-bond donors (Lipinski definition) is 0. The topological polar surface area (TPSA) is 39.2 Å². The van der Waals surface area contributed by atoms with Gasteiger partial charge in [0.2, 0.25) is 0 Å². The largest absolute Gasteiger partial charge is 0.466 e. The van der Waals surface area contributed by atoms with Gasteiger partial charge in [0.05, 0.1) is 13.0 Å². The minimum absolute atomic E-state index is 0.0246. The van der Waals surface area contributed by atoms with Gasteiger partial charge in [-0.2, -0.15) is 0 Å². The van der Waals surface area contributed by atoms with Crippen LogP contribution in [0, 0.1) is 6.92 Å². The van der Waals surface area contributed by atoms with Gasteiger partial charge in [0, 0.05) is 0 Å². The summed E-state index contributed by atoms with van der Waals surface area (Å²) in [6.07, 6.45) is -2.60. The number of rotatable bonds is 4. The van der Waals surface area contributed by atoms with Crippen LogP contribution in [0.5, 0.6) is 0 Å². The number of esters is 1. The highest BCUT2D eigenvalue weighted by atomic mass is 79.9. The lowest BCUT2D eigenvalue weighted by Crippen LogP contribution is -2.10. The van der Waals surface area contributed by atoms with E-state index in [4.69, 9.17) is 4.74 Å². The van der Waals surface area contributed by atoms with Gasteiger partial charge in [-0.25, -0.2) is 13.8 Å². The van der Waals surface area contributed by atoms with Gasteiger partial charge < -0.3 is 4.74 Å². The Labute approximate surface area is 106 Å². The molecule has 0 saturated heterocycles. The van der Waals surface area contributed by atoms with Crippen LogP contribution in [-0.2, 0) is 16.0 Å². The second-order valence-electron chi connectivity index (χ2n) is 3.42. The van der Waals surface area contributed by atoms with Gasteiger partial charge in [-0.1, -0.05) is 0 Å². The van der Waals surface area contributed by atoms with Crippen LogP contribution in [0.3, 0.4) is 0 Å². The first-order chi connectivity index (χ1) is 7.95. The van der Waals surface area contributed by atoms with E-state index in [0.29, 0.717) is 11.1 Å². The number of pyridine rings is 1. The highest BCUT2D eigenvalue weighted by Gasteiger charge is 2.16. The van der Waals surface area contributed by atoms with E-state index in [0.717, 1.165) is 0 Å². The molecule has 94 valence electrons. The van der Waals surface area contributed by atoms with E-state index >= 15 is 0 Å². The lowest BCUT2D eigenvalue weighted by Gasteiger charge is -2.09. The smallest absolute Gasteiger partial charge is 0.310 e. The molecule has 0 N–H and O–H groups in total. The van der Waals surface area contributed by atoms with Gasteiger partial charge in [0.25, 0.3) is 6.43 Å². The van der Waals surface area contributed by atoms with Gasteiger partial charge >= 0.3 is 5.97 Å². The molecule has 0 bridgehead atoms. The molecule has 17 heavy (non-hydrogen) atoms. The molecule has 0 aliphatic rings. The molecule has 0 unspecified atom stereocenters. The van der Waals surface area contributed by atoms with E-state index in [9.17, 15) is 13.6 Å². The van der Waals surface area contributed by atoms with E-state index in [1.807, 2.05) is 0 Å². The second-order valence-corrected chi connectivity index (χ2v) is 4.17. The summed E-state index contributed by atoms with van der Waals surface area (Å²) in [6.45, 7) is 3.66. The molecule has 0 fully saturated rings. The zero-order valence-electron chi connectivity index (χ0n) is 9.47. The first-order valence-electron chi connectivity index (χ1n) is 5.05. The van der Waals surface area contributed by atoms with Crippen LogP contribution in [0.1, 0.15) is 30.2 Å². The average Bonchev–Trinajstić information content (AvgIpc) is 2.23. The zero-order valence-corrected chi connectivity index (χ0v) is 11.1. The van der Waals surface area contributed by atoms with E-state index < -0.39 is 12.4 Å². The van der Waals surface area contributed by atoms with Crippen molar-refractivity contribution in [1.82, 2.24) is 4.98 Å². The van der Waals surface area contributed by atoms with Gasteiger partial charge in [0.15, 0.2) is 0 Å². The summed E-state index contributed by atoms with van der Waals surface area (Å²) in [5.74, 6) is -0.400. The Hall–Kier alpha value is -1.04. The fraction of sp³-hybridized carbons (Fsp3) is 0.455. The van der Waals surface area contributed by atoms with Crippen molar-refractivity contribution >= 4 is 21.9 Å². The Bertz CT molecular complexity index is 401. The molecule has 1 aromatic rings. The number of hydrogen-bond acceptors (Lipinski definition) is 3. The molecular weight excluding hydrogens is 296 g/mol. The molecule has 0 radical (unpaired) electrons. The third kappa shape index (κ3) is 3.73. The molecule has 0 aromatic carbocycles. The first-order valence-corrected chi connectivity index (χ1v) is 5.84. The number of alkyl halides is 2. The van der Waals surface area contributed by atoms with Crippen molar-refractivity contribution in [2.75, 3.05) is 6.61 Å². The standard InChI is InChI=1S/C11H12BrF2NO2/c1-3-17-9(16)5-7-6(2)4-8(11(13)14)15-10(7)12/h4,11H,3,5H2,1-2H3. The predicted molar refractivity (Wildman–Crippen MR) is 62.0 cm³/mol. The molecule has 1 heterocycles. The molecule has 0 aliphatic carbocycles. The van der Waals surface area contributed by atoms with Crippen molar-refractivity contribution in [2.24, 2.45) is 0 Å². The van der Waals surface area contributed by atoms with Crippen molar-refractivity contribution in [1.29, 1.82) is 0 Å². The number of nitrogens with zero attached hydrogens (tertiary/aromatic N) is 1. The molecule has 0 spiro atoms. The van der Waals surface area contributed by atoms with Crippen molar-refractivity contribution in [3.8, 4) is 0 Å². The molecule has 0 amide bonds. The number of halogens is 3. The van der Waals surface area contributed by atoms with Crippen molar-refractivity contribution in [3.05, 3.63) is 27.5 Å². The normalized spacial score (nSPS) is 10.7.